The Labute approximate surface area is 785 Å². The molecule has 0 aliphatic carbocycles. The summed E-state index contributed by atoms with van der Waals surface area (Å²) in [4.78, 5) is 80.7. The number of esters is 7. The Morgan fingerprint density at radius 3 is 0.729 bits per heavy atom. The second kappa shape index (κ2) is 53.5. The number of hydrogen-bond acceptors (Lipinski definition) is 14. The van der Waals surface area contributed by atoms with Gasteiger partial charge in [-0.2, -0.15) is 0 Å². The van der Waals surface area contributed by atoms with E-state index < -0.39 is 302 Å². The minimum absolute atomic E-state index is 0.0161. The van der Waals surface area contributed by atoms with E-state index in [-0.39, 0.29) is 86.1 Å². The van der Waals surface area contributed by atoms with Crippen LogP contribution in [-0.2, 0) is 55.6 Å². The molecule has 784 valence electrons. The quantitative estimate of drug-likeness (QED) is 0.0131. The molecule has 0 bridgehead atoms. The minimum atomic E-state index is -2.31. The van der Waals surface area contributed by atoms with Crippen LogP contribution in [0.1, 0.15) is 265 Å². The van der Waals surface area contributed by atoms with E-state index in [1.54, 1.807) is 76.2 Å². The summed E-state index contributed by atoms with van der Waals surface area (Å²) in [5, 5.41) is 0. The van der Waals surface area contributed by atoms with Crippen molar-refractivity contribution in [3.05, 3.63) is 243 Å². The molecule has 0 heterocycles. The highest BCUT2D eigenvalue weighted by Crippen LogP contribution is 2.35. The SMILES string of the molecule is CCC(C)(C)COC(=O)CCc1c(F)c(F)c(F)c(F)c1F.CCC(C)(C)COC(=O)Cc1c(F)c(F)c(F)c(F)c1F.CCC(C)(C)COC(=O)c1c(F)c(F)c(C)c(F)c1F.CCC(C)(C)COC(=O)c1c(F)c(F)c(F)c(F)c1F.CCC(C)(C)COC(=O)c1c(F)c(F)cc(F)c1F.CCC(C)(C)COC(=O)c1c(F)cc(F)c(F)c1F.CCC(C)(C)COC(=O)c1cc(F)c(F)c(F)c1F. The smallest absolute Gasteiger partial charge is 0.344 e. The molecular weight excluding hydrogens is 1950 g/mol. The standard InChI is InChI=1S/C15H17F5O2.C14H15F5O2.C14H16F4O2.C13H13F5O2.3C13H14F4O2/c1-4-15(2,3)7-22-9(21)6-5-8-10(16)12(18)14(20)13(19)11(8)17;1-4-14(2,3)6-21-8(20)5-7-9(15)11(17)13(19)12(18)10(7)16;1-5-14(3,4)6-20-13(19)8-11(17)9(15)7(2)10(16)12(8)18;1-4-13(2,3)5-20-12(19)6-7(14)9(16)11(18)10(17)8(6)15;1-4-13(2,3)6-19-12(18)9-10(16)7(14)5-8(15)11(9)17;1-4-13(2,3)6-19-12(18)9-7(14)5-8(15)10(16)11(9)17;1-4-13(2,3)6-19-12(18)7-5-8(14)10(16)11(17)9(7)15/h4-7H2,1-3H3;4-6H2,1-3H3;5-6H2,1-4H3;4-5H2,1-3H3;3*5H,4,6H2,1-3H3. The lowest BCUT2D eigenvalue weighted by Gasteiger charge is -2.22. The van der Waals surface area contributed by atoms with E-state index in [1.807, 2.05) is 69.2 Å². The van der Waals surface area contributed by atoms with Gasteiger partial charge in [-0.3, -0.25) is 9.59 Å². The first-order valence-electron chi connectivity index (χ1n) is 42.0. The van der Waals surface area contributed by atoms with Gasteiger partial charge in [-0.05, 0) is 102 Å². The van der Waals surface area contributed by atoms with Gasteiger partial charge in [-0.25, -0.2) is 160 Å². The van der Waals surface area contributed by atoms with Gasteiger partial charge in [0.15, 0.2) is 157 Å². The number of hydrogen-bond donors (Lipinski definition) is 0. The molecule has 0 aromatic heterocycles. The van der Waals surface area contributed by atoms with Crippen LogP contribution in [0.2, 0.25) is 0 Å². The number of halogens is 31. The molecule has 7 aromatic carbocycles. The van der Waals surface area contributed by atoms with Crippen LogP contribution in [0.3, 0.4) is 0 Å². The lowest BCUT2D eigenvalue weighted by atomic mass is 9.92. The number of ether oxygens (including phenoxy) is 7. The van der Waals surface area contributed by atoms with Crippen molar-refractivity contribution in [1.82, 2.24) is 0 Å². The number of carbonyl (C=O) groups is 7. The molecular formula is C95H103F31O14. The molecule has 0 fully saturated rings. The van der Waals surface area contributed by atoms with Crippen molar-refractivity contribution in [3.63, 3.8) is 0 Å². The van der Waals surface area contributed by atoms with Crippen LogP contribution in [0.4, 0.5) is 136 Å². The summed E-state index contributed by atoms with van der Waals surface area (Å²) >= 11 is 0. The molecule has 0 N–H and O–H groups in total. The summed E-state index contributed by atoms with van der Waals surface area (Å²) in [5.41, 5.74) is -12.0. The van der Waals surface area contributed by atoms with Crippen LogP contribution in [0.25, 0.3) is 0 Å². The second-order valence-electron chi connectivity index (χ2n) is 36.3. The molecule has 0 radical (unpaired) electrons. The molecule has 0 amide bonds. The Balaban J connectivity index is 0.000000817. The highest BCUT2D eigenvalue weighted by atomic mass is 19.2. The summed E-state index contributed by atoms with van der Waals surface area (Å²) in [6.45, 7) is 38.5. The van der Waals surface area contributed by atoms with Crippen LogP contribution in [0.15, 0.2) is 18.2 Å². The van der Waals surface area contributed by atoms with Crippen LogP contribution in [-0.4, -0.2) is 88.0 Å². The maximum Gasteiger partial charge on any atom is 0.344 e. The third-order valence-corrected chi connectivity index (χ3v) is 21.5. The molecule has 0 spiro atoms. The van der Waals surface area contributed by atoms with Gasteiger partial charge in [0.2, 0.25) is 17.5 Å². The number of benzene rings is 7. The van der Waals surface area contributed by atoms with E-state index in [0.717, 1.165) is 13.3 Å². The third kappa shape index (κ3) is 35.7. The summed E-state index contributed by atoms with van der Waals surface area (Å²) in [6.07, 6.45) is 2.57. The third-order valence-electron chi connectivity index (χ3n) is 21.5. The minimum Gasteiger partial charge on any atom is -0.465 e. The van der Waals surface area contributed by atoms with Crippen LogP contribution in [0, 0.1) is 225 Å². The average molecular weight is 2060 g/mol. The van der Waals surface area contributed by atoms with Crippen LogP contribution in [0.5, 0.6) is 0 Å². The van der Waals surface area contributed by atoms with Crippen molar-refractivity contribution >= 4 is 41.8 Å². The maximum atomic E-state index is 13.6. The predicted octanol–water partition coefficient (Wildman–Crippen LogP) is 27.8. The molecule has 45 heteroatoms. The van der Waals surface area contributed by atoms with E-state index in [2.05, 4.69) is 4.74 Å². The molecule has 0 saturated carbocycles. The van der Waals surface area contributed by atoms with E-state index in [1.165, 1.54) is 0 Å². The van der Waals surface area contributed by atoms with E-state index in [9.17, 15) is 170 Å². The Hall–Kier alpha value is -11.3. The Bertz CT molecular complexity index is 5340. The first-order valence-corrected chi connectivity index (χ1v) is 42.0. The molecule has 7 aromatic rings. The van der Waals surface area contributed by atoms with Crippen molar-refractivity contribution in [3.8, 4) is 0 Å². The van der Waals surface area contributed by atoms with Crippen molar-refractivity contribution in [2.24, 2.45) is 37.9 Å². The average Bonchev–Trinajstić information content (AvgIpc) is 0.777. The summed E-state index contributed by atoms with van der Waals surface area (Å²) in [5.74, 6) is -68.2. The second-order valence-corrected chi connectivity index (χ2v) is 36.3. The zero-order valence-electron chi connectivity index (χ0n) is 79.7. The van der Waals surface area contributed by atoms with Gasteiger partial charge in [0.25, 0.3) is 0 Å². The molecule has 14 nitrogen and oxygen atoms in total. The number of rotatable bonds is 31. The lowest BCUT2D eigenvalue weighted by Crippen LogP contribution is -2.23. The van der Waals surface area contributed by atoms with Gasteiger partial charge < -0.3 is 33.2 Å². The summed E-state index contributed by atoms with van der Waals surface area (Å²) < 4.78 is 440. The fourth-order valence-electron chi connectivity index (χ4n) is 9.04. The largest absolute Gasteiger partial charge is 0.465 e. The molecule has 0 unspecified atom stereocenters. The van der Waals surface area contributed by atoms with E-state index in [4.69, 9.17) is 28.4 Å². The Morgan fingerprint density at radius 2 is 0.421 bits per heavy atom. The maximum absolute atomic E-state index is 13.6. The monoisotopic (exact) mass is 2060 g/mol. The molecule has 140 heavy (non-hydrogen) atoms. The van der Waals surface area contributed by atoms with Gasteiger partial charge in [0, 0.05) is 35.2 Å². The molecule has 0 aliphatic rings. The van der Waals surface area contributed by atoms with Gasteiger partial charge >= 0.3 is 41.8 Å². The summed E-state index contributed by atoms with van der Waals surface area (Å²) in [7, 11) is 0. The lowest BCUT2D eigenvalue weighted by molar-refractivity contribution is -0.147. The normalized spacial score (nSPS) is 11.6. The Morgan fingerprint density at radius 1 is 0.214 bits per heavy atom. The number of carbonyl (C=O) groups excluding carboxylic acids is 7. The zero-order valence-corrected chi connectivity index (χ0v) is 79.7. The molecule has 0 aliphatic heterocycles. The molecule has 0 saturated heterocycles. The van der Waals surface area contributed by atoms with Gasteiger partial charge in [-0.1, -0.05) is 145 Å². The molecule has 0 atom stereocenters. The zero-order chi connectivity index (χ0) is 109. The first-order chi connectivity index (χ1) is 64.0. The summed E-state index contributed by atoms with van der Waals surface area (Å²) in [6, 6.07) is 0.437. The van der Waals surface area contributed by atoms with Gasteiger partial charge in [0.1, 0.15) is 33.6 Å². The van der Waals surface area contributed by atoms with Gasteiger partial charge in [0.05, 0.1) is 52.7 Å². The van der Waals surface area contributed by atoms with E-state index >= 15 is 0 Å². The molecule has 7 rings (SSSR count). The Kier molecular flexibility index (Phi) is 48.4. The van der Waals surface area contributed by atoms with Crippen molar-refractivity contribution < 1.29 is 203 Å². The predicted molar refractivity (Wildman–Crippen MR) is 442 cm³/mol. The fourth-order valence-corrected chi connectivity index (χ4v) is 9.04. The van der Waals surface area contributed by atoms with Crippen LogP contribution < -0.4 is 0 Å². The topological polar surface area (TPSA) is 184 Å². The highest BCUT2D eigenvalue weighted by Gasteiger charge is 2.38. The van der Waals surface area contributed by atoms with Crippen molar-refractivity contribution in [1.29, 1.82) is 0 Å². The van der Waals surface area contributed by atoms with Gasteiger partial charge in [-0.15, -0.1) is 0 Å². The fraction of sp³-hybridized carbons (Fsp3) is 0.484. The van der Waals surface area contributed by atoms with Crippen LogP contribution >= 0.6 is 0 Å². The van der Waals surface area contributed by atoms with Crippen molar-refractivity contribution in [2.45, 2.75) is 217 Å². The van der Waals surface area contributed by atoms with E-state index in [0.29, 0.717) is 38.5 Å². The first kappa shape index (κ1) is 127. The van der Waals surface area contributed by atoms with Crippen molar-refractivity contribution in [2.75, 3.05) is 46.2 Å². The highest BCUT2D eigenvalue weighted by molar-refractivity contribution is 5.92.